The third-order valence-electron chi connectivity index (χ3n) is 4.69. The highest BCUT2D eigenvalue weighted by molar-refractivity contribution is 5.94. The third kappa shape index (κ3) is 3.32. The molecule has 0 radical (unpaired) electrons. The van der Waals surface area contributed by atoms with Gasteiger partial charge in [0.2, 0.25) is 0 Å². The number of aliphatic hydroxyl groups excluding tert-OH is 1. The first-order chi connectivity index (χ1) is 11.7. The number of carbonyl (C=O) groups is 1. The number of aliphatic hydroxyl groups is 1. The van der Waals surface area contributed by atoms with Crippen LogP contribution < -0.4 is 5.32 Å². The molecule has 0 spiro atoms. The van der Waals surface area contributed by atoms with Gasteiger partial charge in [-0.1, -0.05) is 30.3 Å². The maximum Gasteiger partial charge on any atom is 0.254 e. The third-order valence-corrected chi connectivity index (χ3v) is 4.69. The van der Waals surface area contributed by atoms with E-state index in [0.717, 1.165) is 0 Å². The van der Waals surface area contributed by atoms with Crippen molar-refractivity contribution >= 4 is 5.91 Å². The van der Waals surface area contributed by atoms with Crippen LogP contribution in [-0.4, -0.2) is 52.7 Å². The normalized spacial score (nSPS) is 22.7. The lowest BCUT2D eigenvalue weighted by Gasteiger charge is -2.47. The van der Waals surface area contributed by atoms with Gasteiger partial charge in [-0.15, -0.1) is 0 Å². The van der Waals surface area contributed by atoms with Crippen molar-refractivity contribution in [2.75, 3.05) is 19.7 Å². The van der Waals surface area contributed by atoms with Gasteiger partial charge in [0.1, 0.15) is 0 Å². The fraction of sp³-hybridized carbons (Fsp3) is 0.368. The zero-order valence-corrected chi connectivity index (χ0v) is 13.8. The van der Waals surface area contributed by atoms with Gasteiger partial charge in [-0.3, -0.25) is 9.78 Å². The molecule has 1 aliphatic rings. The maximum atomic E-state index is 12.7. The van der Waals surface area contributed by atoms with Gasteiger partial charge in [0, 0.05) is 49.0 Å². The average Bonchev–Trinajstić information content (AvgIpc) is 2.62. The monoisotopic (exact) mass is 325 g/mol. The molecule has 0 unspecified atom stereocenters. The first kappa shape index (κ1) is 16.6. The molecule has 3 rings (SSSR count). The number of aromatic nitrogens is 1. The number of amides is 1. The Hall–Kier alpha value is -2.24. The van der Waals surface area contributed by atoms with Gasteiger partial charge < -0.3 is 15.3 Å². The first-order valence-electron chi connectivity index (χ1n) is 8.35. The molecule has 3 atom stereocenters. The fourth-order valence-corrected chi connectivity index (χ4v) is 3.39. The number of pyridine rings is 1. The van der Waals surface area contributed by atoms with Gasteiger partial charge in [0.05, 0.1) is 6.61 Å². The number of carbonyl (C=O) groups excluding carboxylic acids is 1. The van der Waals surface area contributed by atoms with Gasteiger partial charge in [-0.05, 0) is 24.6 Å². The lowest BCUT2D eigenvalue weighted by molar-refractivity contribution is 0.0641. The topological polar surface area (TPSA) is 65.5 Å². The Morgan fingerprint density at radius 2 is 1.88 bits per heavy atom. The van der Waals surface area contributed by atoms with Gasteiger partial charge in [-0.25, -0.2) is 0 Å². The molecule has 2 heterocycles. The molecule has 1 aliphatic heterocycles. The van der Waals surface area contributed by atoms with Crippen LogP contribution in [0.25, 0.3) is 0 Å². The minimum Gasteiger partial charge on any atom is -0.395 e. The van der Waals surface area contributed by atoms with Crippen LogP contribution in [0.4, 0.5) is 0 Å². The van der Waals surface area contributed by atoms with E-state index in [1.807, 2.05) is 30.0 Å². The van der Waals surface area contributed by atoms with Crippen LogP contribution in [0.15, 0.2) is 54.9 Å². The van der Waals surface area contributed by atoms with Crippen molar-refractivity contribution in [3.05, 3.63) is 66.0 Å². The summed E-state index contributed by atoms with van der Waals surface area (Å²) in [6.07, 6.45) is 3.27. The van der Waals surface area contributed by atoms with E-state index in [9.17, 15) is 9.90 Å². The zero-order valence-electron chi connectivity index (χ0n) is 13.8. The SMILES string of the molecule is CCN(C[C@@H]1N[C@H](CO)[C@H]1c1ccccc1)C(=O)c1ccncc1. The number of hydrogen-bond acceptors (Lipinski definition) is 4. The maximum absolute atomic E-state index is 12.7. The van der Waals surface area contributed by atoms with Crippen molar-refractivity contribution < 1.29 is 9.90 Å². The second-order valence-corrected chi connectivity index (χ2v) is 6.08. The minimum atomic E-state index is 0.0148. The summed E-state index contributed by atoms with van der Waals surface area (Å²) in [5.41, 5.74) is 1.86. The van der Waals surface area contributed by atoms with E-state index in [1.165, 1.54) is 5.56 Å². The van der Waals surface area contributed by atoms with Crippen LogP contribution in [0, 0.1) is 0 Å². The summed E-state index contributed by atoms with van der Waals surface area (Å²) >= 11 is 0. The van der Waals surface area contributed by atoms with E-state index in [-0.39, 0.29) is 30.5 Å². The molecule has 0 aliphatic carbocycles. The summed E-state index contributed by atoms with van der Waals surface area (Å²) < 4.78 is 0. The Balaban J connectivity index is 1.72. The lowest BCUT2D eigenvalue weighted by atomic mass is 9.77. The number of benzene rings is 1. The molecule has 1 fully saturated rings. The van der Waals surface area contributed by atoms with Crippen molar-refractivity contribution in [3.8, 4) is 0 Å². The van der Waals surface area contributed by atoms with Crippen LogP contribution in [0.3, 0.4) is 0 Å². The Bertz CT molecular complexity index is 663. The van der Waals surface area contributed by atoms with E-state index in [4.69, 9.17) is 0 Å². The van der Waals surface area contributed by atoms with Gasteiger partial charge in [-0.2, -0.15) is 0 Å². The first-order valence-corrected chi connectivity index (χ1v) is 8.35. The highest BCUT2D eigenvalue weighted by Crippen LogP contribution is 2.32. The lowest BCUT2D eigenvalue weighted by Crippen LogP contribution is -2.65. The van der Waals surface area contributed by atoms with E-state index < -0.39 is 0 Å². The number of hydrogen-bond donors (Lipinski definition) is 2. The van der Waals surface area contributed by atoms with Crippen molar-refractivity contribution in [3.63, 3.8) is 0 Å². The molecule has 1 saturated heterocycles. The molecule has 0 bridgehead atoms. The van der Waals surface area contributed by atoms with Gasteiger partial charge in [0.25, 0.3) is 5.91 Å². The van der Waals surface area contributed by atoms with Crippen LogP contribution in [0.2, 0.25) is 0 Å². The smallest absolute Gasteiger partial charge is 0.254 e. The predicted octanol–water partition coefficient (Wildman–Crippen LogP) is 1.66. The summed E-state index contributed by atoms with van der Waals surface area (Å²) in [7, 11) is 0. The van der Waals surface area contributed by atoms with Gasteiger partial charge in [0.15, 0.2) is 0 Å². The van der Waals surface area contributed by atoms with E-state index in [0.29, 0.717) is 18.7 Å². The van der Waals surface area contributed by atoms with Crippen LogP contribution in [0.5, 0.6) is 0 Å². The van der Waals surface area contributed by atoms with E-state index >= 15 is 0 Å². The van der Waals surface area contributed by atoms with Crippen LogP contribution in [0.1, 0.15) is 28.8 Å². The Labute approximate surface area is 142 Å². The molecular weight excluding hydrogens is 302 g/mol. The molecule has 0 saturated carbocycles. The molecule has 5 heteroatoms. The number of nitrogens with one attached hydrogen (secondary N) is 1. The molecule has 2 aromatic rings. The van der Waals surface area contributed by atoms with E-state index in [1.54, 1.807) is 24.5 Å². The number of likely N-dealkylation sites (N-methyl/N-ethyl adjacent to an activating group) is 1. The average molecular weight is 325 g/mol. The largest absolute Gasteiger partial charge is 0.395 e. The highest BCUT2D eigenvalue weighted by Gasteiger charge is 2.41. The number of nitrogens with zero attached hydrogens (tertiary/aromatic N) is 2. The molecule has 24 heavy (non-hydrogen) atoms. The summed E-state index contributed by atoms with van der Waals surface area (Å²) in [6, 6.07) is 13.9. The van der Waals surface area contributed by atoms with E-state index in [2.05, 4.69) is 22.4 Å². The molecular formula is C19H23N3O2. The quantitative estimate of drug-likeness (QED) is 0.848. The molecule has 2 N–H and O–H groups in total. The standard InChI is InChI=1S/C19H23N3O2/c1-2-22(19(24)15-8-10-20-11-9-15)12-16-18(17(13-23)21-16)14-6-4-3-5-7-14/h3-11,16-18,21,23H,2,12-13H2,1H3/t16-,17+,18-/m0/s1. The van der Waals surface area contributed by atoms with Crippen molar-refractivity contribution in [2.24, 2.45) is 0 Å². The molecule has 1 amide bonds. The summed E-state index contributed by atoms with van der Waals surface area (Å²) in [4.78, 5) is 18.5. The Morgan fingerprint density at radius 3 is 2.50 bits per heavy atom. The zero-order chi connectivity index (χ0) is 16.9. The summed E-state index contributed by atoms with van der Waals surface area (Å²) in [5, 5.41) is 13.0. The van der Waals surface area contributed by atoms with Crippen LogP contribution >= 0.6 is 0 Å². The highest BCUT2D eigenvalue weighted by atomic mass is 16.3. The van der Waals surface area contributed by atoms with Crippen molar-refractivity contribution in [2.45, 2.75) is 24.9 Å². The van der Waals surface area contributed by atoms with Crippen molar-refractivity contribution in [1.82, 2.24) is 15.2 Å². The molecule has 126 valence electrons. The molecule has 1 aromatic heterocycles. The Kier molecular flexibility index (Phi) is 5.23. The number of rotatable bonds is 6. The minimum absolute atomic E-state index is 0.0148. The second kappa shape index (κ2) is 7.55. The molecule has 1 aromatic carbocycles. The predicted molar refractivity (Wildman–Crippen MR) is 92.8 cm³/mol. The second-order valence-electron chi connectivity index (χ2n) is 6.08. The summed E-state index contributed by atoms with van der Waals surface area (Å²) in [5.74, 6) is 0.233. The van der Waals surface area contributed by atoms with Gasteiger partial charge >= 0.3 is 0 Å². The summed E-state index contributed by atoms with van der Waals surface area (Å²) in [6.45, 7) is 3.34. The molecule has 5 nitrogen and oxygen atoms in total. The van der Waals surface area contributed by atoms with Crippen LogP contribution in [-0.2, 0) is 0 Å². The fourth-order valence-electron chi connectivity index (χ4n) is 3.39. The van der Waals surface area contributed by atoms with Crippen molar-refractivity contribution in [1.29, 1.82) is 0 Å². The Morgan fingerprint density at radius 1 is 1.17 bits per heavy atom.